The van der Waals surface area contributed by atoms with Crippen molar-refractivity contribution in [2.24, 2.45) is 0 Å². The summed E-state index contributed by atoms with van der Waals surface area (Å²) in [5, 5.41) is 11.6. The molecule has 0 spiro atoms. The summed E-state index contributed by atoms with van der Waals surface area (Å²) in [5.74, 6) is -1.49. The number of halogens is 1. The molecular formula is C25H21ClN2O4. The van der Waals surface area contributed by atoms with Gasteiger partial charge in [-0.3, -0.25) is 19.5 Å². The van der Waals surface area contributed by atoms with Crippen molar-refractivity contribution in [1.82, 2.24) is 4.98 Å². The third-order valence-electron chi connectivity index (χ3n) is 5.67. The van der Waals surface area contributed by atoms with Gasteiger partial charge in [-0.1, -0.05) is 29.8 Å². The Kier molecular flexibility index (Phi) is 5.72. The molecule has 0 aliphatic carbocycles. The lowest BCUT2D eigenvalue weighted by Gasteiger charge is -2.26. The van der Waals surface area contributed by atoms with Crippen LogP contribution in [0.3, 0.4) is 0 Å². The smallest absolute Gasteiger partial charge is 0.300 e. The Balaban J connectivity index is 1.97. The molecule has 162 valence electrons. The molecule has 1 aromatic heterocycles. The Bertz CT molecular complexity index is 1250. The monoisotopic (exact) mass is 448 g/mol. The van der Waals surface area contributed by atoms with E-state index in [0.717, 1.165) is 11.1 Å². The van der Waals surface area contributed by atoms with E-state index in [1.54, 1.807) is 42.6 Å². The minimum atomic E-state index is -0.890. The number of amides is 1. The second kappa shape index (κ2) is 8.48. The Labute approximate surface area is 190 Å². The van der Waals surface area contributed by atoms with Crippen molar-refractivity contribution in [2.75, 3.05) is 12.0 Å². The maximum atomic E-state index is 13.2. The highest BCUT2D eigenvalue weighted by Crippen LogP contribution is 2.43. The van der Waals surface area contributed by atoms with E-state index >= 15 is 0 Å². The van der Waals surface area contributed by atoms with E-state index in [4.69, 9.17) is 16.3 Å². The van der Waals surface area contributed by atoms with Gasteiger partial charge in [0.2, 0.25) is 0 Å². The average molecular weight is 449 g/mol. The summed E-state index contributed by atoms with van der Waals surface area (Å²) in [5.41, 5.74) is 3.17. The number of aliphatic hydroxyl groups is 1. The number of pyridine rings is 1. The first-order valence-electron chi connectivity index (χ1n) is 9.97. The van der Waals surface area contributed by atoms with Crippen molar-refractivity contribution in [2.45, 2.75) is 19.9 Å². The predicted octanol–water partition coefficient (Wildman–Crippen LogP) is 4.99. The summed E-state index contributed by atoms with van der Waals surface area (Å²) < 4.78 is 5.24. The van der Waals surface area contributed by atoms with E-state index in [2.05, 4.69) is 4.98 Å². The predicted molar refractivity (Wildman–Crippen MR) is 123 cm³/mol. The van der Waals surface area contributed by atoms with Crippen LogP contribution in [-0.4, -0.2) is 28.9 Å². The number of hydrogen-bond acceptors (Lipinski definition) is 5. The molecule has 1 N–H and O–H groups in total. The number of ether oxygens (including phenoxy) is 1. The molecule has 1 unspecified atom stereocenters. The zero-order valence-corrected chi connectivity index (χ0v) is 18.6. The second-order valence-electron chi connectivity index (χ2n) is 7.49. The topological polar surface area (TPSA) is 79.7 Å². The van der Waals surface area contributed by atoms with Crippen molar-refractivity contribution in [3.8, 4) is 5.75 Å². The van der Waals surface area contributed by atoms with Crippen LogP contribution < -0.4 is 9.64 Å². The fourth-order valence-electron chi connectivity index (χ4n) is 3.86. The number of benzene rings is 2. The van der Waals surface area contributed by atoms with Crippen LogP contribution in [0.2, 0.25) is 5.02 Å². The van der Waals surface area contributed by atoms with Crippen molar-refractivity contribution in [3.63, 3.8) is 0 Å². The minimum Gasteiger partial charge on any atom is -0.507 e. The van der Waals surface area contributed by atoms with Crippen molar-refractivity contribution in [1.29, 1.82) is 0 Å². The van der Waals surface area contributed by atoms with E-state index in [1.807, 2.05) is 26.0 Å². The second-order valence-corrected chi connectivity index (χ2v) is 7.90. The molecule has 4 rings (SSSR count). The summed E-state index contributed by atoms with van der Waals surface area (Å²) in [6, 6.07) is 14.6. The van der Waals surface area contributed by atoms with Crippen LogP contribution in [0, 0.1) is 13.8 Å². The highest BCUT2D eigenvalue weighted by molar-refractivity contribution is 6.51. The molecule has 3 aromatic rings. The lowest BCUT2D eigenvalue weighted by molar-refractivity contribution is -0.132. The number of nitrogens with zero attached hydrogens (tertiary/aromatic N) is 2. The first-order valence-corrected chi connectivity index (χ1v) is 10.3. The summed E-state index contributed by atoms with van der Waals surface area (Å²) in [6.45, 7) is 3.83. The molecule has 0 saturated carbocycles. The molecule has 6 nitrogen and oxygen atoms in total. The molecule has 1 fully saturated rings. The lowest BCUT2D eigenvalue weighted by Crippen LogP contribution is -2.30. The van der Waals surface area contributed by atoms with Crippen LogP contribution in [0.25, 0.3) is 5.76 Å². The van der Waals surface area contributed by atoms with Gasteiger partial charge in [-0.15, -0.1) is 0 Å². The Morgan fingerprint density at radius 2 is 1.88 bits per heavy atom. The lowest BCUT2D eigenvalue weighted by atomic mass is 9.97. The number of methoxy groups -OCH3 is 1. The first-order chi connectivity index (χ1) is 15.3. The maximum absolute atomic E-state index is 13.2. The van der Waals surface area contributed by atoms with Gasteiger partial charge in [-0.05, 0) is 61.4 Å². The minimum absolute atomic E-state index is 0.0426. The molecule has 1 amide bonds. The summed E-state index contributed by atoms with van der Waals surface area (Å²) in [4.78, 5) is 32.2. The Morgan fingerprint density at radius 1 is 1.09 bits per heavy atom. The fraction of sp³-hybridized carbons (Fsp3) is 0.160. The van der Waals surface area contributed by atoms with Gasteiger partial charge in [-0.2, -0.15) is 0 Å². The molecule has 1 aliphatic rings. The number of anilines is 1. The maximum Gasteiger partial charge on any atom is 0.300 e. The molecule has 7 heteroatoms. The van der Waals surface area contributed by atoms with Gasteiger partial charge in [0.05, 0.1) is 23.4 Å². The summed E-state index contributed by atoms with van der Waals surface area (Å²) >= 11 is 6.11. The van der Waals surface area contributed by atoms with Gasteiger partial charge in [0, 0.05) is 17.4 Å². The molecule has 1 atom stereocenters. The summed E-state index contributed by atoms with van der Waals surface area (Å²) in [6.07, 6.45) is 1.59. The molecule has 0 radical (unpaired) electrons. The van der Waals surface area contributed by atoms with Gasteiger partial charge in [0.25, 0.3) is 11.7 Å². The number of Topliss-reactive ketones (excluding diaryl/α,β-unsaturated/α-hetero) is 1. The third-order valence-corrected chi connectivity index (χ3v) is 5.98. The number of carbonyl (C=O) groups excluding carboxylic acids is 2. The van der Waals surface area contributed by atoms with Crippen LogP contribution >= 0.6 is 11.6 Å². The van der Waals surface area contributed by atoms with Crippen LogP contribution in [-0.2, 0) is 9.59 Å². The average Bonchev–Trinajstić information content (AvgIpc) is 3.06. The van der Waals surface area contributed by atoms with Gasteiger partial charge in [0.1, 0.15) is 17.6 Å². The summed E-state index contributed by atoms with van der Waals surface area (Å²) in [7, 11) is 1.46. The van der Waals surface area contributed by atoms with Crippen LogP contribution in [0.5, 0.6) is 5.75 Å². The molecule has 0 bridgehead atoms. The highest BCUT2D eigenvalue weighted by atomic mass is 35.5. The third kappa shape index (κ3) is 3.52. The molecule has 32 heavy (non-hydrogen) atoms. The number of ketones is 1. The zero-order valence-electron chi connectivity index (χ0n) is 17.8. The van der Waals surface area contributed by atoms with Crippen molar-refractivity contribution in [3.05, 3.63) is 93.8 Å². The van der Waals surface area contributed by atoms with E-state index < -0.39 is 17.7 Å². The van der Waals surface area contributed by atoms with Gasteiger partial charge in [-0.25, -0.2) is 0 Å². The Hall–Kier alpha value is -3.64. The van der Waals surface area contributed by atoms with E-state index in [1.165, 1.54) is 18.1 Å². The molecule has 2 heterocycles. The molecule has 1 aliphatic heterocycles. The molecule has 1 saturated heterocycles. The number of aliphatic hydroxyl groups excluding tert-OH is 1. The van der Waals surface area contributed by atoms with E-state index in [0.29, 0.717) is 27.7 Å². The fourth-order valence-corrected chi connectivity index (χ4v) is 4.05. The van der Waals surface area contributed by atoms with Crippen molar-refractivity contribution < 1.29 is 19.4 Å². The van der Waals surface area contributed by atoms with Crippen LogP contribution in [0.4, 0.5) is 5.69 Å². The zero-order chi connectivity index (χ0) is 23.0. The quantitative estimate of drug-likeness (QED) is 0.345. The SMILES string of the molecule is COc1cc(/C(O)=C2\C(=O)C(=O)N(c3cccc(C)c3C)C2c2ccccn2)ccc1Cl. The van der Waals surface area contributed by atoms with Crippen molar-refractivity contribution >= 4 is 34.7 Å². The molecular weight excluding hydrogens is 428 g/mol. The number of aromatic nitrogens is 1. The standard InChI is InChI=1S/C25H21ClN2O4/c1-14-7-6-9-19(15(14)2)28-22(18-8-4-5-12-27-18)21(24(30)25(28)31)23(29)16-10-11-17(26)20(13-16)32-3/h4-13,22,29H,1-3H3/b23-21+. The number of hydrogen-bond donors (Lipinski definition) is 1. The molecule has 2 aromatic carbocycles. The first kappa shape index (κ1) is 21.6. The Morgan fingerprint density at radius 3 is 2.56 bits per heavy atom. The van der Waals surface area contributed by atoms with E-state index in [-0.39, 0.29) is 11.3 Å². The largest absolute Gasteiger partial charge is 0.507 e. The van der Waals surface area contributed by atoms with Crippen LogP contribution in [0.15, 0.2) is 66.4 Å². The van der Waals surface area contributed by atoms with Gasteiger partial charge < -0.3 is 9.84 Å². The van der Waals surface area contributed by atoms with Crippen LogP contribution in [0.1, 0.15) is 28.4 Å². The van der Waals surface area contributed by atoms with Gasteiger partial charge >= 0.3 is 0 Å². The highest BCUT2D eigenvalue weighted by Gasteiger charge is 2.48. The number of aryl methyl sites for hydroxylation is 1. The van der Waals surface area contributed by atoms with Gasteiger partial charge in [0.15, 0.2) is 0 Å². The van der Waals surface area contributed by atoms with E-state index in [9.17, 15) is 14.7 Å². The normalized spacial score (nSPS) is 17.6. The number of carbonyl (C=O) groups is 2. The number of rotatable bonds is 4.